The second-order valence-electron chi connectivity index (χ2n) is 6.86. The Balaban J connectivity index is 5.21. The summed E-state index contributed by atoms with van der Waals surface area (Å²) in [5, 5.41) is 34.2. The van der Waals surface area contributed by atoms with Gasteiger partial charge in [-0.2, -0.15) is 11.8 Å². The molecule has 0 rings (SSSR count). The average molecular weight is 451 g/mol. The molecule has 13 heteroatoms. The number of aliphatic hydroxyl groups excluding tert-OH is 1. The molecule has 0 radical (unpaired) electrons. The van der Waals surface area contributed by atoms with Gasteiger partial charge in [0.1, 0.15) is 18.1 Å². The first kappa shape index (κ1) is 27.6. The zero-order valence-electron chi connectivity index (χ0n) is 17.1. The molecule has 0 aromatic carbocycles. The molecule has 0 aliphatic carbocycles. The average Bonchev–Trinajstić information content (AvgIpc) is 2.65. The Morgan fingerprint density at radius 2 is 1.47 bits per heavy atom. The third-order valence-corrected chi connectivity index (χ3v) is 4.66. The maximum Gasteiger partial charge on any atom is 0.326 e. The van der Waals surface area contributed by atoms with Crippen LogP contribution in [0.5, 0.6) is 0 Å². The molecule has 0 aliphatic rings. The van der Waals surface area contributed by atoms with Gasteiger partial charge in [0.25, 0.3) is 0 Å². The monoisotopic (exact) mass is 450 g/mol. The number of aliphatic carboxylic acids is 2. The van der Waals surface area contributed by atoms with Crippen molar-refractivity contribution in [2.45, 2.75) is 50.9 Å². The predicted molar refractivity (Wildman–Crippen MR) is 109 cm³/mol. The van der Waals surface area contributed by atoms with E-state index < -0.39 is 72.8 Å². The Morgan fingerprint density at radius 1 is 0.933 bits per heavy atom. The molecular formula is C17H30N4O8S. The first-order valence-electron chi connectivity index (χ1n) is 9.15. The van der Waals surface area contributed by atoms with E-state index in [4.69, 9.17) is 10.8 Å². The number of rotatable bonds is 14. The molecule has 0 spiro atoms. The Bertz CT molecular complexity index is 631. The van der Waals surface area contributed by atoms with E-state index in [2.05, 4.69) is 16.0 Å². The van der Waals surface area contributed by atoms with E-state index in [9.17, 15) is 34.2 Å². The van der Waals surface area contributed by atoms with Crippen LogP contribution in [0.4, 0.5) is 0 Å². The molecular weight excluding hydrogens is 420 g/mol. The number of hydrogen-bond acceptors (Lipinski definition) is 8. The van der Waals surface area contributed by atoms with Crippen LogP contribution in [-0.4, -0.2) is 87.8 Å². The zero-order valence-corrected chi connectivity index (χ0v) is 17.9. The highest BCUT2D eigenvalue weighted by Crippen LogP contribution is 2.06. The molecule has 0 saturated carbocycles. The van der Waals surface area contributed by atoms with Crippen molar-refractivity contribution in [1.82, 2.24) is 16.0 Å². The lowest BCUT2D eigenvalue weighted by Gasteiger charge is -2.25. The number of thioether (sulfide) groups is 1. The molecule has 0 fully saturated rings. The summed E-state index contributed by atoms with van der Waals surface area (Å²) in [5.41, 5.74) is 5.42. The van der Waals surface area contributed by atoms with Crippen LogP contribution in [0.1, 0.15) is 26.7 Å². The van der Waals surface area contributed by atoms with Crippen LogP contribution >= 0.6 is 11.8 Å². The van der Waals surface area contributed by atoms with E-state index in [1.165, 1.54) is 11.8 Å². The van der Waals surface area contributed by atoms with E-state index in [0.29, 0.717) is 5.75 Å². The minimum atomic E-state index is -1.47. The van der Waals surface area contributed by atoms with Crippen LogP contribution < -0.4 is 21.7 Å². The number of amides is 3. The number of nitrogens with two attached hydrogens (primary N) is 1. The Kier molecular flexibility index (Phi) is 12.7. The van der Waals surface area contributed by atoms with E-state index in [1.807, 2.05) is 0 Å². The molecule has 4 unspecified atom stereocenters. The largest absolute Gasteiger partial charge is 0.481 e. The van der Waals surface area contributed by atoms with E-state index in [0.717, 1.165) is 0 Å². The normalized spacial score (nSPS) is 14.9. The van der Waals surface area contributed by atoms with Gasteiger partial charge in [0.05, 0.1) is 19.1 Å². The van der Waals surface area contributed by atoms with Crippen molar-refractivity contribution in [2.75, 3.05) is 18.6 Å². The fourth-order valence-electron chi connectivity index (χ4n) is 2.30. The highest BCUT2D eigenvalue weighted by Gasteiger charge is 2.31. The van der Waals surface area contributed by atoms with Crippen LogP contribution in [0, 0.1) is 5.92 Å². The maximum atomic E-state index is 12.5. The third kappa shape index (κ3) is 9.89. The van der Waals surface area contributed by atoms with E-state index in [1.54, 1.807) is 20.1 Å². The van der Waals surface area contributed by atoms with Crippen molar-refractivity contribution in [3.05, 3.63) is 0 Å². The number of nitrogens with one attached hydrogen (secondary N) is 3. The molecule has 30 heavy (non-hydrogen) atoms. The Morgan fingerprint density at radius 3 is 1.90 bits per heavy atom. The van der Waals surface area contributed by atoms with Gasteiger partial charge in [-0.15, -0.1) is 0 Å². The van der Waals surface area contributed by atoms with Gasteiger partial charge in [0.2, 0.25) is 17.7 Å². The highest BCUT2D eigenvalue weighted by atomic mass is 32.2. The minimum absolute atomic E-state index is 0.174. The summed E-state index contributed by atoms with van der Waals surface area (Å²) in [7, 11) is 0. The number of carboxylic acids is 2. The Labute approximate surface area is 178 Å². The van der Waals surface area contributed by atoms with Crippen molar-refractivity contribution >= 4 is 41.4 Å². The van der Waals surface area contributed by atoms with E-state index >= 15 is 0 Å². The second-order valence-corrected chi connectivity index (χ2v) is 7.84. The first-order chi connectivity index (χ1) is 13.9. The van der Waals surface area contributed by atoms with Gasteiger partial charge >= 0.3 is 11.9 Å². The van der Waals surface area contributed by atoms with Crippen molar-refractivity contribution < 1.29 is 39.3 Å². The minimum Gasteiger partial charge on any atom is -0.481 e. The molecule has 0 bridgehead atoms. The van der Waals surface area contributed by atoms with Crippen LogP contribution in [0.3, 0.4) is 0 Å². The van der Waals surface area contributed by atoms with Gasteiger partial charge in [-0.3, -0.25) is 19.2 Å². The number of carbonyl (C=O) groups excluding carboxylic acids is 3. The lowest BCUT2D eigenvalue weighted by molar-refractivity contribution is -0.143. The first-order valence-corrected chi connectivity index (χ1v) is 10.5. The molecule has 0 heterocycles. The van der Waals surface area contributed by atoms with Crippen LogP contribution in [-0.2, 0) is 24.0 Å². The quantitative estimate of drug-likeness (QED) is 0.151. The van der Waals surface area contributed by atoms with Gasteiger partial charge < -0.3 is 37.0 Å². The number of carbonyl (C=O) groups is 5. The van der Waals surface area contributed by atoms with Gasteiger partial charge in [0, 0.05) is 0 Å². The molecule has 4 atom stereocenters. The lowest BCUT2D eigenvalue weighted by atomic mass is 10.0. The van der Waals surface area contributed by atoms with Crippen molar-refractivity contribution in [3.63, 3.8) is 0 Å². The molecule has 8 N–H and O–H groups in total. The van der Waals surface area contributed by atoms with Crippen molar-refractivity contribution in [1.29, 1.82) is 0 Å². The standard InChI is InChI=1S/C17H30N4O8S/c1-8(2)13(17(28)29)21-15(26)10(4-5-30-3)19-16(27)11(7-22)20-14(25)9(18)6-12(23)24/h8-11,13,22H,4-7,18H2,1-3H3,(H,19,27)(H,20,25)(H,21,26)(H,23,24)(H,28,29). The summed E-state index contributed by atoms with van der Waals surface area (Å²) in [4.78, 5) is 58.8. The summed E-state index contributed by atoms with van der Waals surface area (Å²) in [5.74, 6) is -5.03. The number of carboxylic acid groups (broad SMARTS) is 2. The van der Waals surface area contributed by atoms with Gasteiger partial charge in [-0.25, -0.2) is 4.79 Å². The van der Waals surface area contributed by atoms with Gasteiger partial charge in [-0.1, -0.05) is 13.8 Å². The van der Waals surface area contributed by atoms with Crippen molar-refractivity contribution in [3.8, 4) is 0 Å². The SMILES string of the molecule is CSCCC(NC(=O)C(CO)NC(=O)C(N)CC(=O)O)C(=O)NC(C(=O)O)C(C)C. The van der Waals surface area contributed by atoms with Gasteiger partial charge in [0.15, 0.2) is 0 Å². The lowest BCUT2D eigenvalue weighted by Crippen LogP contribution is -2.58. The number of hydrogen-bond donors (Lipinski definition) is 7. The topological polar surface area (TPSA) is 208 Å². The van der Waals surface area contributed by atoms with Crippen LogP contribution in [0.25, 0.3) is 0 Å². The molecule has 0 aliphatic heterocycles. The smallest absolute Gasteiger partial charge is 0.326 e. The molecule has 3 amide bonds. The summed E-state index contributed by atoms with van der Waals surface area (Å²) >= 11 is 1.40. The fourth-order valence-corrected chi connectivity index (χ4v) is 2.77. The zero-order chi connectivity index (χ0) is 23.4. The van der Waals surface area contributed by atoms with Crippen LogP contribution in [0.15, 0.2) is 0 Å². The molecule has 12 nitrogen and oxygen atoms in total. The summed E-state index contributed by atoms with van der Waals surface area (Å²) in [6.07, 6.45) is 1.29. The van der Waals surface area contributed by atoms with Crippen molar-refractivity contribution in [2.24, 2.45) is 11.7 Å². The van der Waals surface area contributed by atoms with Gasteiger partial charge in [-0.05, 0) is 24.3 Å². The molecule has 0 aromatic rings. The fraction of sp³-hybridized carbons (Fsp3) is 0.706. The maximum absolute atomic E-state index is 12.5. The predicted octanol–water partition coefficient (Wildman–Crippen LogP) is -2.27. The Hall–Kier alpha value is -2.38. The molecule has 0 saturated heterocycles. The summed E-state index contributed by atoms with van der Waals surface area (Å²) < 4.78 is 0. The highest BCUT2D eigenvalue weighted by molar-refractivity contribution is 7.98. The molecule has 172 valence electrons. The number of aliphatic hydroxyl groups is 1. The summed E-state index contributed by atoms with van der Waals surface area (Å²) in [6, 6.07) is -5.16. The van der Waals surface area contributed by atoms with E-state index in [-0.39, 0.29) is 6.42 Å². The second kappa shape index (κ2) is 13.8. The third-order valence-electron chi connectivity index (χ3n) is 4.02. The van der Waals surface area contributed by atoms with Crippen LogP contribution in [0.2, 0.25) is 0 Å². The summed E-state index contributed by atoms with van der Waals surface area (Å²) in [6.45, 7) is 2.41. The molecule has 0 aromatic heterocycles.